The lowest BCUT2D eigenvalue weighted by Crippen LogP contribution is -2.06. The first kappa shape index (κ1) is 28.6. The SMILES string of the molecule is CCCCCCCCCCCCCCCC(=O)OC.O=C(O)c1ccccc1C(=O)O. The molecule has 0 saturated heterocycles. The molecule has 6 heteroatoms. The summed E-state index contributed by atoms with van der Waals surface area (Å²) in [5.41, 5.74) is -0.380. The summed E-state index contributed by atoms with van der Waals surface area (Å²) in [6.07, 6.45) is 18.0. The van der Waals surface area contributed by atoms with Crippen LogP contribution in [0.3, 0.4) is 0 Å². The lowest BCUT2D eigenvalue weighted by molar-refractivity contribution is -0.140. The van der Waals surface area contributed by atoms with E-state index in [1.807, 2.05) is 0 Å². The highest BCUT2D eigenvalue weighted by atomic mass is 16.5. The fourth-order valence-electron chi connectivity index (χ4n) is 3.25. The van der Waals surface area contributed by atoms with Gasteiger partial charge in [-0.05, 0) is 18.6 Å². The number of benzene rings is 1. The smallest absolute Gasteiger partial charge is 0.336 e. The summed E-state index contributed by atoms with van der Waals surface area (Å²) in [6.45, 7) is 2.27. The van der Waals surface area contributed by atoms with Crippen molar-refractivity contribution in [3.63, 3.8) is 0 Å². The summed E-state index contributed by atoms with van der Waals surface area (Å²) in [7, 11) is 1.46. The lowest BCUT2D eigenvalue weighted by Gasteiger charge is -2.03. The number of unbranched alkanes of at least 4 members (excludes halogenated alkanes) is 12. The zero-order valence-electron chi connectivity index (χ0n) is 19.2. The molecular formula is C25H40O6. The highest BCUT2D eigenvalue weighted by Gasteiger charge is 2.13. The summed E-state index contributed by atoms with van der Waals surface area (Å²) >= 11 is 0. The number of aromatic carboxylic acids is 2. The van der Waals surface area contributed by atoms with Crippen LogP contribution < -0.4 is 0 Å². The average molecular weight is 437 g/mol. The molecule has 176 valence electrons. The molecule has 0 bridgehead atoms. The van der Waals surface area contributed by atoms with Crippen LogP contribution in [-0.2, 0) is 9.53 Å². The third-order valence-electron chi connectivity index (χ3n) is 5.10. The minimum Gasteiger partial charge on any atom is -0.478 e. The second kappa shape index (κ2) is 19.6. The number of rotatable bonds is 16. The second-order valence-electron chi connectivity index (χ2n) is 7.72. The molecule has 0 aliphatic rings. The quantitative estimate of drug-likeness (QED) is 0.220. The van der Waals surface area contributed by atoms with E-state index in [0.29, 0.717) is 6.42 Å². The van der Waals surface area contributed by atoms with Crippen molar-refractivity contribution in [2.75, 3.05) is 7.11 Å². The van der Waals surface area contributed by atoms with Gasteiger partial charge in [0, 0.05) is 6.42 Å². The van der Waals surface area contributed by atoms with Crippen LogP contribution >= 0.6 is 0 Å². The van der Waals surface area contributed by atoms with E-state index in [9.17, 15) is 14.4 Å². The normalized spacial score (nSPS) is 10.1. The van der Waals surface area contributed by atoms with Gasteiger partial charge in [0.25, 0.3) is 0 Å². The van der Waals surface area contributed by atoms with E-state index in [0.717, 1.165) is 6.42 Å². The molecule has 31 heavy (non-hydrogen) atoms. The molecule has 0 atom stereocenters. The molecule has 0 heterocycles. The monoisotopic (exact) mass is 436 g/mol. The van der Waals surface area contributed by atoms with Gasteiger partial charge >= 0.3 is 17.9 Å². The molecule has 0 saturated carbocycles. The Balaban J connectivity index is 0.000000639. The minimum atomic E-state index is -1.23. The first-order valence-corrected chi connectivity index (χ1v) is 11.6. The first-order chi connectivity index (χ1) is 14.9. The number of carbonyl (C=O) groups is 3. The summed E-state index contributed by atoms with van der Waals surface area (Å²) in [5.74, 6) is -2.52. The van der Waals surface area contributed by atoms with Crippen LogP contribution in [0.4, 0.5) is 0 Å². The molecule has 1 aromatic rings. The van der Waals surface area contributed by atoms with Crippen LogP contribution in [0.5, 0.6) is 0 Å². The van der Waals surface area contributed by atoms with Gasteiger partial charge in [0.2, 0.25) is 0 Å². The van der Waals surface area contributed by atoms with Crippen LogP contribution in [0.25, 0.3) is 0 Å². The topological polar surface area (TPSA) is 101 Å². The van der Waals surface area contributed by atoms with E-state index >= 15 is 0 Å². The van der Waals surface area contributed by atoms with E-state index in [4.69, 9.17) is 10.2 Å². The van der Waals surface area contributed by atoms with E-state index < -0.39 is 11.9 Å². The average Bonchev–Trinajstić information content (AvgIpc) is 2.77. The number of hydrogen-bond donors (Lipinski definition) is 2. The largest absolute Gasteiger partial charge is 0.478 e. The Labute approximate surface area is 187 Å². The molecule has 1 aromatic carbocycles. The standard InChI is InChI=1S/C17H34O2.C8H6O4/c1-3-4-5-6-7-8-9-10-11-12-13-14-15-16-17(18)19-2;9-7(10)5-3-1-2-4-6(5)8(11)12/h3-16H2,1-2H3;1-4H,(H,9,10)(H,11,12). The van der Waals surface area contributed by atoms with Gasteiger partial charge in [-0.15, -0.1) is 0 Å². The first-order valence-electron chi connectivity index (χ1n) is 11.6. The van der Waals surface area contributed by atoms with Crippen molar-refractivity contribution in [1.29, 1.82) is 0 Å². The van der Waals surface area contributed by atoms with Crippen molar-refractivity contribution in [2.24, 2.45) is 0 Å². The summed E-state index contributed by atoms with van der Waals surface area (Å²) in [5, 5.41) is 17.1. The number of carboxylic acids is 2. The number of ether oxygens (including phenoxy) is 1. The maximum Gasteiger partial charge on any atom is 0.336 e. The van der Waals surface area contributed by atoms with Crippen molar-refractivity contribution in [3.8, 4) is 0 Å². The van der Waals surface area contributed by atoms with E-state index in [2.05, 4.69) is 11.7 Å². The van der Waals surface area contributed by atoms with Crippen molar-refractivity contribution < 1.29 is 29.3 Å². The summed E-state index contributed by atoms with van der Waals surface area (Å²) < 4.78 is 4.62. The Kier molecular flexibility index (Phi) is 18.1. The number of carboxylic acid groups (broad SMARTS) is 2. The number of esters is 1. The molecule has 0 amide bonds. The molecule has 0 radical (unpaired) electrons. The van der Waals surface area contributed by atoms with Gasteiger partial charge in [0.15, 0.2) is 0 Å². The van der Waals surface area contributed by atoms with Crippen molar-refractivity contribution in [2.45, 2.75) is 96.8 Å². The molecular weight excluding hydrogens is 396 g/mol. The Hall–Kier alpha value is -2.37. The lowest BCUT2D eigenvalue weighted by atomic mass is 10.0. The Bertz CT molecular complexity index is 593. The van der Waals surface area contributed by atoms with Crippen LogP contribution in [0.1, 0.15) is 118 Å². The van der Waals surface area contributed by atoms with Crippen molar-refractivity contribution in [1.82, 2.24) is 0 Å². The van der Waals surface area contributed by atoms with Crippen LogP contribution in [0, 0.1) is 0 Å². The molecule has 0 aromatic heterocycles. The Morgan fingerprint density at radius 1 is 0.677 bits per heavy atom. The highest BCUT2D eigenvalue weighted by Crippen LogP contribution is 2.13. The summed E-state index contributed by atoms with van der Waals surface area (Å²) in [6, 6.07) is 5.48. The molecule has 0 aliphatic carbocycles. The van der Waals surface area contributed by atoms with E-state index in [1.165, 1.54) is 108 Å². The zero-order valence-corrected chi connectivity index (χ0v) is 19.2. The minimum absolute atomic E-state index is 0.0666. The molecule has 6 nitrogen and oxygen atoms in total. The fourth-order valence-corrected chi connectivity index (χ4v) is 3.25. The van der Waals surface area contributed by atoms with Gasteiger partial charge in [-0.2, -0.15) is 0 Å². The van der Waals surface area contributed by atoms with Gasteiger partial charge < -0.3 is 14.9 Å². The molecule has 1 rings (SSSR count). The molecule has 0 unspecified atom stereocenters. The second-order valence-corrected chi connectivity index (χ2v) is 7.72. The third-order valence-corrected chi connectivity index (χ3v) is 5.10. The van der Waals surface area contributed by atoms with Crippen molar-refractivity contribution >= 4 is 17.9 Å². The Morgan fingerprint density at radius 3 is 1.35 bits per heavy atom. The predicted octanol–water partition coefficient (Wildman–Crippen LogP) is 6.72. The van der Waals surface area contributed by atoms with E-state index in [-0.39, 0.29) is 17.1 Å². The third kappa shape index (κ3) is 16.0. The fraction of sp³-hybridized carbons (Fsp3) is 0.640. The highest BCUT2D eigenvalue weighted by molar-refractivity contribution is 6.01. The number of methoxy groups -OCH3 is 1. The predicted molar refractivity (Wildman–Crippen MR) is 123 cm³/mol. The maximum absolute atomic E-state index is 10.9. The van der Waals surface area contributed by atoms with Gasteiger partial charge in [-0.25, -0.2) is 9.59 Å². The van der Waals surface area contributed by atoms with Gasteiger partial charge in [0.1, 0.15) is 0 Å². The molecule has 0 spiro atoms. The van der Waals surface area contributed by atoms with Crippen LogP contribution in [0.2, 0.25) is 0 Å². The molecule has 0 aliphatic heterocycles. The number of hydrogen-bond acceptors (Lipinski definition) is 4. The summed E-state index contributed by atoms with van der Waals surface area (Å²) in [4.78, 5) is 31.8. The van der Waals surface area contributed by atoms with Gasteiger partial charge in [-0.1, -0.05) is 96.1 Å². The van der Waals surface area contributed by atoms with Crippen LogP contribution in [-0.4, -0.2) is 35.2 Å². The number of carbonyl (C=O) groups excluding carboxylic acids is 1. The van der Waals surface area contributed by atoms with Gasteiger partial charge in [-0.3, -0.25) is 4.79 Å². The molecule has 0 fully saturated rings. The van der Waals surface area contributed by atoms with Gasteiger partial charge in [0.05, 0.1) is 18.2 Å². The molecule has 2 N–H and O–H groups in total. The van der Waals surface area contributed by atoms with Crippen LogP contribution in [0.15, 0.2) is 24.3 Å². The van der Waals surface area contributed by atoms with E-state index in [1.54, 1.807) is 0 Å². The zero-order chi connectivity index (χ0) is 23.3. The Morgan fingerprint density at radius 2 is 1.03 bits per heavy atom. The maximum atomic E-state index is 10.9. The van der Waals surface area contributed by atoms with Crippen molar-refractivity contribution in [3.05, 3.63) is 35.4 Å².